The molecule has 0 aliphatic heterocycles. The minimum absolute atomic E-state index is 0.139. The average molecular weight is 281 g/mol. The van der Waals surface area contributed by atoms with Crippen molar-refractivity contribution in [3.05, 3.63) is 21.9 Å². The van der Waals surface area contributed by atoms with E-state index in [4.69, 9.17) is 5.11 Å². The Morgan fingerprint density at radius 2 is 2.37 bits per heavy atom. The van der Waals surface area contributed by atoms with Gasteiger partial charge in [0.2, 0.25) is 5.91 Å². The molecule has 1 aliphatic carbocycles. The number of thiophene rings is 1. The van der Waals surface area contributed by atoms with Gasteiger partial charge in [0.25, 0.3) is 0 Å². The van der Waals surface area contributed by atoms with Crippen LogP contribution in [0.1, 0.15) is 49.0 Å². The van der Waals surface area contributed by atoms with Crippen molar-refractivity contribution in [2.45, 2.75) is 51.0 Å². The SMILES string of the molecule is CCCC(NC(=O)C1CCCc2sccc21)C(=O)O. The number of aryl methyl sites for hydroxylation is 1. The van der Waals surface area contributed by atoms with Crippen LogP contribution in [-0.2, 0) is 16.0 Å². The van der Waals surface area contributed by atoms with Crippen LogP contribution in [-0.4, -0.2) is 23.0 Å². The number of amides is 1. The van der Waals surface area contributed by atoms with Crippen molar-refractivity contribution in [2.24, 2.45) is 0 Å². The van der Waals surface area contributed by atoms with Gasteiger partial charge in [-0.15, -0.1) is 11.3 Å². The van der Waals surface area contributed by atoms with Crippen LogP contribution in [0.25, 0.3) is 0 Å². The van der Waals surface area contributed by atoms with Crippen LogP contribution in [0.2, 0.25) is 0 Å². The summed E-state index contributed by atoms with van der Waals surface area (Å²) in [5.74, 6) is -1.26. The summed E-state index contributed by atoms with van der Waals surface area (Å²) < 4.78 is 0. The maximum absolute atomic E-state index is 12.3. The quantitative estimate of drug-likeness (QED) is 0.871. The largest absolute Gasteiger partial charge is 0.480 e. The average Bonchev–Trinajstić information content (AvgIpc) is 2.85. The highest BCUT2D eigenvalue weighted by Gasteiger charge is 2.29. The molecule has 2 rings (SSSR count). The third kappa shape index (κ3) is 3.15. The summed E-state index contributed by atoms with van der Waals surface area (Å²) in [6.07, 6.45) is 4.06. The number of aliphatic carboxylic acids is 1. The summed E-state index contributed by atoms with van der Waals surface area (Å²) in [6.45, 7) is 1.92. The van der Waals surface area contributed by atoms with Crippen molar-refractivity contribution >= 4 is 23.2 Å². The van der Waals surface area contributed by atoms with E-state index in [9.17, 15) is 9.59 Å². The van der Waals surface area contributed by atoms with E-state index in [1.807, 2.05) is 18.4 Å². The number of carbonyl (C=O) groups is 2. The molecule has 1 amide bonds. The first-order valence-corrected chi connectivity index (χ1v) is 7.61. The topological polar surface area (TPSA) is 66.4 Å². The zero-order valence-corrected chi connectivity index (χ0v) is 11.8. The second kappa shape index (κ2) is 6.19. The molecule has 4 nitrogen and oxygen atoms in total. The Morgan fingerprint density at radius 3 is 3.05 bits per heavy atom. The van der Waals surface area contributed by atoms with Gasteiger partial charge in [-0.25, -0.2) is 4.79 Å². The van der Waals surface area contributed by atoms with Gasteiger partial charge in [0.15, 0.2) is 0 Å². The van der Waals surface area contributed by atoms with E-state index >= 15 is 0 Å². The van der Waals surface area contributed by atoms with Gasteiger partial charge < -0.3 is 10.4 Å². The van der Waals surface area contributed by atoms with Crippen molar-refractivity contribution < 1.29 is 14.7 Å². The minimum Gasteiger partial charge on any atom is -0.480 e. The molecule has 1 heterocycles. The van der Waals surface area contributed by atoms with Gasteiger partial charge in [0.1, 0.15) is 6.04 Å². The fourth-order valence-corrected chi connectivity index (χ4v) is 3.56. The summed E-state index contributed by atoms with van der Waals surface area (Å²) in [5, 5.41) is 13.8. The van der Waals surface area contributed by atoms with Crippen LogP contribution in [0.5, 0.6) is 0 Å². The number of hydrogen-bond acceptors (Lipinski definition) is 3. The maximum atomic E-state index is 12.3. The number of carboxylic acids is 1. The Balaban J connectivity index is 2.07. The van der Waals surface area contributed by atoms with E-state index < -0.39 is 12.0 Å². The highest BCUT2D eigenvalue weighted by atomic mass is 32.1. The predicted molar refractivity (Wildman–Crippen MR) is 74.5 cm³/mol. The standard InChI is InChI=1S/C14H19NO3S/c1-2-4-11(14(17)18)15-13(16)10-5-3-6-12-9(10)7-8-19-12/h7-8,10-11H,2-6H2,1H3,(H,15,16)(H,17,18). The van der Waals surface area contributed by atoms with E-state index in [1.165, 1.54) is 4.88 Å². The fraction of sp³-hybridized carbons (Fsp3) is 0.571. The minimum atomic E-state index is -0.948. The van der Waals surface area contributed by atoms with Crippen LogP contribution in [0.3, 0.4) is 0 Å². The van der Waals surface area contributed by atoms with Crippen molar-refractivity contribution in [2.75, 3.05) is 0 Å². The van der Waals surface area contributed by atoms with Gasteiger partial charge in [-0.2, -0.15) is 0 Å². The highest BCUT2D eigenvalue weighted by molar-refractivity contribution is 7.10. The Labute approximate surface area is 116 Å². The second-order valence-electron chi connectivity index (χ2n) is 4.93. The normalized spacial score (nSPS) is 19.5. The molecular formula is C14H19NO3S. The first-order chi connectivity index (χ1) is 9.13. The lowest BCUT2D eigenvalue weighted by atomic mass is 9.87. The van der Waals surface area contributed by atoms with Crippen LogP contribution in [0.15, 0.2) is 11.4 Å². The first-order valence-electron chi connectivity index (χ1n) is 6.73. The number of nitrogens with one attached hydrogen (secondary N) is 1. The van der Waals surface area contributed by atoms with Gasteiger partial charge in [0, 0.05) is 4.88 Å². The van der Waals surface area contributed by atoms with Crippen molar-refractivity contribution in [3.63, 3.8) is 0 Å². The molecule has 0 radical (unpaired) electrons. The van der Waals surface area contributed by atoms with Crippen molar-refractivity contribution in [1.82, 2.24) is 5.32 Å². The molecule has 0 spiro atoms. The van der Waals surface area contributed by atoms with Gasteiger partial charge in [0.05, 0.1) is 5.92 Å². The lowest BCUT2D eigenvalue weighted by molar-refractivity contribution is -0.142. The molecule has 1 aromatic rings. The highest BCUT2D eigenvalue weighted by Crippen LogP contribution is 2.35. The van der Waals surface area contributed by atoms with Crippen LogP contribution >= 0.6 is 11.3 Å². The summed E-state index contributed by atoms with van der Waals surface area (Å²) in [5.41, 5.74) is 1.09. The van der Waals surface area contributed by atoms with Gasteiger partial charge in [-0.05, 0) is 42.7 Å². The van der Waals surface area contributed by atoms with Crippen LogP contribution in [0, 0.1) is 0 Å². The molecular weight excluding hydrogens is 262 g/mol. The Bertz CT molecular complexity index is 469. The molecule has 0 saturated carbocycles. The smallest absolute Gasteiger partial charge is 0.326 e. The summed E-state index contributed by atoms with van der Waals surface area (Å²) >= 11 is 1.69. The Hall–Kier alpha value is -1.36. The van der Waals surface area contributed by atoms with E-state index in [1.54, 1.807) is 11.3 Å². The summed E-state index contributed by atoms with van der Waals surface area (Å²) in [7, 11) is 0. The third-order valence-corrected chi connectivity index (χ3v) is 4.56. The number of fused-ring (bicyclic) bond motifs is 1. The molecule has 1 aliphatic rings. The van der Waals surface area contributed by atoms with Gasteiger partial charge in [-0.1, -0.05) is 13.3 Å². The monoisotopic (exact) mass is 281 g/mol. The molecule has 0 aromatic carbocycles. The van der Waals surface area contributed by atoms with E-state index in [0.717, 1.165) is 31.2 Å². The molecule has 2 N–H and O–H groups in total. The number of carboxylic acid groups (broad SMARTS) is 1. The molecule has 1 aromatic heterocycles. The molecule has 19 heavy (non-hydrogen) atoms. The number of carbonyl (C=O) groups excluding carboxylic acids is 1. The van der Waals surface area contributed by atoms with Gasteiger partial charge in [-0.3, -0.25) is 4.79 Å². The Morgan fingerprint density at radius 1 is 1.58 bits per heavy atom. The molecule has 104 valence electrons. The first kappa shape index (κ1) is 14.1. The molecule has 0 fully saturated rings. The lowest BCUT2D eigenvalue weighted by Crippen LogP contribution is -2.43. The predicted octanol–water partition coefficient (Wildman–Crippen LogP) is 2.54. The van der Waals surface area contributed by atoms with E-state index in [-0.39, 0.29) is 11.8 Å². The summed E-state index contributed by atoms with van der Waals surface area (Å²) in [4.78, 5) is 24.6. The second-order valence-corrected chi connectivity index (χ2v) is 5.93. The zero-order chi connectivity index (χ0) is 13.8. The third-order valence-electron chi connectivity index (χ3n) is 3.56. The van der Waals surface area contributed by atoms with E-state index in [2.05, 4.69) is 5.32 Å². The molecule has 2 unspecified atom stereocenters. The molecule has 0 saturated heterocycles. The fourth-order valence-electron chi connectivity index (χ4n) is 2.58. The molecule has 5 heteroatoms. The number of hydrogen-bond donors (Lipinski definition) is 2. The molecule has 2 atom stereocenters. The Kier molecular flexibility index (Phi) is 4.58. The van der Waals surface area contributed by atoms with Crippen LogP contribution < -0.4 is 5.32 Å². The lowest BCUT2D eigenvalue weighted by Gasteiger charge is -2.23. The van der Waals surface area contributed by atoms with Gasteiger partial charge >= 0.3 is 5.97 Å². The zero-order valence-electron chi connectivity index (χ0n) is 11.0. The molecule has 0 bridgehead atoms. The van der Waals surface area contributed by atoms with Crippen molar-refractivity contribution in [3.8, 4) is 0 Å². The van der Waals surface area contributed by atoms with Crippen LogP contribution in [0.4, 0.5) is 0 Å². The van der Waals surface area contributed by atoms with Crippen molar-refractivity contribution in [1.29, 1.82) is 0 Å². The van der Waals surface area contributed by atoms with E-state index in [0.29, 0.717) is 6.42 Å². The number of rotatable bonds is 5. The maximum Gasteiger partial charge on any atom is 0.326 e. The summed E-state index contributed by atoms with van der Waals surface area (Å²) in [6, 6.07) is 1.24.